The summed E-state index contributed by atoms with van der Waals surface area (Å²) in [6.45, 7) is 6.59. The lowest BCUT2D eigenvalue weighted by molar-refractivity contribution is -0.143. The Balaban J connectivity index is 1.61. The van der Waals surface area contributed by atoms with Crippen molar-refractivity contribution in [2.75, 3.05) is 6.61 Å². The zero-order valence-corrected chi connectivity index (χ0v) is 27.3. The Morgan fingerprint density at radius 3 is 2.29 bits per heavy atom. The molecule has 3 aromatic rings. The third-order valence-electron chi connectivity index (χ3n) is 7.61. The number of hydrogen-bond acceptors (Lipinski definition) is 3. The molecule has 1 atom stereocenters. The summed E-state index contributed by atoms with van der Waals surface area (Å²) in [6.07, 6.45) is 5.81. The molecule has 0 spiro atoms. The number of nitrogens with one attached hydrogen (secondary N) is 1. The van der Waals surface area contributed by atoms with Gasteiger partial charge in [0.15, 0.2) is 6.61 Å². The van der Waals surface area contributed by atoms with Crippen molar-refractivity contribution in [2.45, 2.75) is 83.3 Å². The molecule has 1 N–H and O–H groups in total. The Hall–Kier alpha value is -2.64. The predicted molar refractivity (Wildman–Crippen MR) is 172 cm³/mol. The van der Waals surface area contributed by atoms with Crippen LogP contribution in [0.2, 0.25) is 0 Å². The van der Waals surface area contributed by atoms with Crippen LogP contribution in [0, 0.1) is 0 Å². The highest BCUT2D eigenvalue weighted by molar-refractivity contribution is 9.10. The Kier molecular flexibility index (Phi) is 11.1. The van der Waals surface area contributed by atoms with Crippen LogP contribution in [0.3, 0.4) is 0 Å². The topological polar surface area (TPSA) is 58.6 Å². The molecule has 1 aliphatic carbocycles. The van der Waals surface area contributed by atoms with Gasteiger partial charge in [-0.05, 0) is 75.1 Å². The summed E-state index contributed by atoms with van der Waals surface area (Å²) in [5.74, 6) is 0.247. The first kappa shape index (κ1) is 31.3. The van der Waals surface area contributed by atoms with Crippen LogP contribution < -0.4 is 10.1 Å². The Bertz CT molecular complexity index is 1320. The first-order valence-electron chi connectivity index (χ1n) is 14.4. The summed E-state index contributed by atoms with van der Waals surface area (Å²) < 4.78 is 7.78. The molecule has 3 aromatic carbocycles. The van der Waals surface area contributed by atoms with Crippen LogP contribution in [0.5, 0.6) is 5.75 Å². The minimum Gasteiger partial charge on any atom is -0.483 e. The fourth-order valence-electron chi connectivity index (χ4n) is 5.24. The minimum atomic E-state index is -0.680. The summed E-state index contributed by atoms with van der Waals surface area (Å²) in [5, 5.41) is 3.28. The van der Waals surface area contributed by atoms with E-state index >= 15 is 0 Å². The Morgan fingerprint density at radius 1 is 0.927 bits per heavy atom. The molecule has 1 fully saturated rings. The molecular weight excluding hydrogens is 644 g/mol. The number of amides is 2. The lowest BCUT2D eigenvalue weighted by Crippen LogP contribution is -2.53. The standard InChI is InChI=1S/C34H40Br2N2O3/c1-34(2,3)26-17-18-31(29(36)21-26)41-23-32(39)38(22-25-13-10-14-27(35)19-25)30(20-24-11-6-4-7-12-24)33(40)37-28-15-8-5-9-16-28/h4,6-7,10-14,17-19,21,28,30H,5,8-9,15-16,20,22-23H2,1-3H3,(H,37,40)/t30-/m0/s1. The average Bonchev–Trinajstić information content (AvgIpc) is 2.94. The lowest BCUT2D eigenvalue weighted by atomic mass is 9.87. The summed E-state index contributed by atoms with van der Waals surface area (Å²) in [5.41, 5.74) is 3.10. The first-order chi connectivity index (χ1) is 19.6. The van der Waals surface area contributed by atoms with Gasteiger partial charge in [0, 0.05) is 23.5 Å². The van der Waals surface area contributed by atoms with Crippen molar-refractivity contribution < 1.29 is 14.3 Å². The van der Waals surface area contributed by atoms with E-state index in [1.54, 1.807) is 4.90 Å². The molecule has 0 heterocycles. The lowest BCUT2D eigenvalue weighted by Gasteiger charge is -2.33. The van der Waals surface area contributed by atoms with Gasteiger partial charge in [-0.3, -0.25) is 9.59 Å². The van der Waals surface area contributed by atoms with Gasteiger partial charge in [-0.2, -0.15) is 0 Å². The van der Waals surface area contributed by atoms with Crippen molar-refractivity contribution in [2.24, 2.45) is 0 Å². The van der Waals surface area contributed by atoms with Crippen LogP contribution in [-0.4, -0.2) is 35.4 Å². The molecule has 0 unspecified atom stereocenters. The predicted octanol–water partition coefficient (Wildman–Crippen LogP) is 7.98. The van der Waals surface area contributed by atoms with Gasteiger partial charge < -0.3 is 15.0 Å². The van der Waals surface area contributed by atoms with Crippen LogP contribution in [0.1, 0.15) is 69.6 Å². The molecule has 41 heavy (non-hydrogen) atoms. The van der Waals surface area contributed by atoms with Gasteiger partial charge in [0.05, 0.1) is 4.47 Å². The summed E-state index contributed by atoms with van der Waals surface area (Å²) in [6, 6.07) is 23.2. The van der Waals surface area contributed by atoms with E-state index in [9.17, 15) is 9.59 Å². The van der Waals surface area contributed by atoms with Crippen molar-refractivity contribution >= 4 is 43.7 Å². The van der Waals surface area contributed by atoms with Crippen LogP contribution in [0.25, 0.3) is 0 Å². The van der Waals surface area contributed by atoms with Crippen LogP contribution in [0.4, 0.5) is 0 Å². The first-order valence-corrected chi connectivity index (χ1v) is 16.0. The number of carbonyl (C=O) groups is 2. The normalized spacial score (nSPS) is 14.8. The number of ether oxygens (including phenoxy) is 1. The van der Waals surface area contributed by atoms with E-state index in [2.05, 4.69) is 57.9 Å². The number of halogens is 2. The monoisotopic (exact) mass is 682 g/mol. The Labute approximate surface area is 261 Å². The number of nitrogens with zero attached hydrogens (tertiary/aromatic N) is 1. The third-order valence-corrected chi connectivity index (χ3v) is 8.73. The maximum atomic E-state index is 14.0. The third kappa shape index (κ3) is 9.17. The van der Waals surface area contributed by atoms with Gasteiger partial charge in [0.25, 0.3) is 5.91 Å². The SMILES string of the molecule is CC(C)(C)c1ccc(OCC(=O)N(Cc2cccc(Br)c2)[C@@H](Cc2ccccc2)C(=O)NC2CCCCC2)c(Br)c1. The summed E-state index contributed by atoms with van der Waals surface area (Å²) in [4.78, 5) is 29.6. The van der Waals surface area contributed by atoms with Crippen LogP contribution >= 0.6 is 31.9 Å². The minimum absolute atomic E-state index is 0.00597. The van der Waals surface area contributed by atoms with Crippen LogP contribution in [-0.2, 0) is 28.0 Å². The van der Waals surface area contributed by atoms with Crippen LogP contribution in [0.15, 0.2) is 81.7 Å². The van der Waals surface area contributed by atoms with Gasteiger partial charge >= 0.3 is 0 Å². The molecule has 5 nitrogen and oxygen atoms in total. The van der Waals surface area contributed by atoms with Gasteiger partial charge in [-0.25, -0.2) is 0 Å². The average molecular weight is 685 g/mol. The maximum Gasteiger partial charge on any atom is 0.261 e. The molecule has 1 aliphatic rings. The van der Waals surface area contributed by atoms with Crippen molar-refractivity contribution in [1.29, 1.82) is 0 Å². The fourth-order valence-corrected chi connectivity index (χ4v) is 6.18. The van der Waals surface area contributed by atoms with E-state index in [-0.39, 0.29) is 29.9 Å². The van der Waals surface area contributed by atoms with E-state index in [1.807, 2.05) is 72.8 Å². The van der Waals surface area contributed by atoms with E-state index < -0.39 is 6.04 Å². The van der Waals surface area contributed by atoms with Gasteiger partial charge in [-0.1, -0.05) is 104 Å². The second kappa shape index (κ2) is 14.5. The molecule has 7 heteroatoms. The molecular formula is C34H40Br2N2O3. The number of benzene rings is 3. The highest BCUT2D eigenvalue weighted by Crippen LogP contribution is 2.31. The van der Waals surface area contributed by atoms with E-state index in [4.69, 9.17) is 4.74 Å². The highest BCUT2D eigenvalue weighted by Gasteiger charge is 2.32. The van der Waals surface area contributed by atoms with Crippen molar-refractivity contribution in [1.82, 2.24) is 10.2 Å². The molecule has 0 aromatic heterocycles. The second-order valence-electron chi connectivity index (χ2n) is 11.9. The summed E-state index contributed by atoms with van der Waals surface area (Å²) >= 11 is 7.17. The summed E-state index contributed by atoms with van der Waals surface area (Å²) in [7, 11) is 0. The van der Waals surface area contributed by atoms with Crippen molar-refractivity contribution in [3.05, 3.63) is 98.4 Å². The molecule has 2 amide bonds. The molecule has 0 aliphatic heterocycles. The molecule has 4 rings (SSSR count). The fraction of sp³-hybridized carbons (Fsp3) is 0.412. The molecule has 218 valence electrons. The Morgan fingerprint density at radius 2 is 1.63 bits per heavy atom. The van der Waals surface area contributed by atoms with Gasteiger partial charge in [-0.15, -0.1) is 0 Å². The largest absolute Gasteiger partial charge is 0.483 e. The van der Waals surface area contributed by atoms with Crippen molar-refractivity contribution in [3.8, 4) is 5.75 Å². The quantitative estimate of drug-likeness (QED) is 0.236. The van der Waals surface area contributed by atoms with Crippen molar-refractivity contribution in [3.63, 3.8) is 0 Å². The number of carbonyl (C=O) groups excluding carboxylic acids is 2. The molecule has 0 radical (unpaired) electrons. The molecule has 1 saturated carbocycles. The van der Waals surface area contributed by atoms with E-state index in [1.165, 1.54) is 12.0 Å². The van der Waals surface area contributed by atoms with Gasteiger partial charge in [0.2, 0.25) is 5.91 Å². The number of hydrogen-bond donors (Lipinski definition) is 1. The smallest absolute Gasteiger partial charge is 0.261 e. The maximum absolute atomic E-state index is 14.0. The second-order valence-corrected chi connectivity index (χ2v) is 13.7. The van der Waals surface area contributed by atoms with E-state index in [0.717, 1.165) is 45.8 Å². The molecule has 0 bridgehead atoms. The van der Waals surface area contributed by atoms with E-state index in [0.29, 0.717) is 18.7 Å². The molecule has 0 saturated heterocycles. The zero-order valence-electron chi connectivity index (χ0n) is 24.2. The number of rotatable bonds is 10. The van der Waals surface area contributed by atoms with Gasteiger partial charge in [0.1, 0.15) is 11.8 Å². The zero-order chi connectivity index (χ0) is 29.4. The highest BCUT2D eigenvalue weighted by atomic mass is 79.9.